The van der Waals surface area contributed by atoms with Crippen LogP contribution in [-0.2, 0) is 9.47 Å². The average molecular weight is 320 g/mol. The maximum atomic E-state index is 11.9. The maximum absolute atomic E-state index is 11.9. The first kappa shape index (κ1) is 17.0. The number of terminal acetylenes is 1. The number of H-pyrrole nitrogens is 1. The van der Waals surface area contributed by atoms with Gasteiger partial charge in [-0.2, -0.15) is 0 Å². The lowest BCUT2D eigenvalue weighted by Crippen LogP contribution is -2.51. The molecule has 0 radical (unpaired) electrons. The van der Waals surface area contributed by atoms with Crippen LogP contribution in [0.2, 0.25) is 0 Å². The van der Waals surface area contributed by atoms with E-state index < -0.39 is 41.9 Å². The third-order valence-corrected chi connectivity index (χ3v) is 3.50. The van der Waals surface area contributed by atoms with Gasteiger partial charge in [-0.25, -0.2) is 4.79 Å². The van der Waals surface area contributed by atoms with E-state index >= 15 is 0 Å². The third kappa shape index (κ3) is 2.93. The molecule has 8 nitrogen and oxygen atoms in total. The smallest absolute Gasteiger partial charge is 0.330 e. The maximum Gasteiger partial charge on any atom is 0.330 e. The summed E-state index contributed by atoms with van der Waals surface area (Å²) in [5, 5.41) is 20.2. The Labute approximate surface area is 131 Å². The zero-order valence-electron chi connectivity index (χ0n) is 12.4. The highest BCUT2D eigenvalue weighted by atomic mass is 16.6. The monoisotopic (exact) mass is 320 g/mol. The van der Waals surface area contributed by atoms with E-state index in [0.717, 1.165) is 10.6 Å². The summed E-state index contributed by atoms with van der Waals surface area (Å²) in [5.41, 5.74) is -2.94. The number of hydrogen-bond donors (Lipinski definition) is 3. The minimum Gasteiger partial charge on any atom is -0.394 e. The van der Waals surface area contributed by atoms with Gasteiger partial charge >= 0.3 is 5.69 Å². The fourth-order valence-electron chi connectivity index (χ4n) is 2.50. The van der Waals surface area contributed by atoms with E-state index in [9.17, 15) is 19.8 Å². The summed E-state index contributed by atoms with van der Waals surface area (Å²) in [6.07, 6.45) is 2.72. The average Bonchev–Trinajstić information content (AvgIpc) is 2.79. The van der Waals surface area contributed by atoms with Gasteiger partial charge in [0.25, 0.3) is 5.56 Å². The van der Waals surface area contributed by atoms with Gasteiger partial charge in [0.1, 0.15) is 18.8 Å². The van der Waals surface area contributed by atoms with Crippen LogP contribution in [0.3, 0.4) is 0 Å². The molecule has 4 atom stereocenters. The fourth-order valence-corrected chi connectivity index (χ4v) is 2.50. The highest BCUT2D eigenvalue weighted by molar-refractivity contribution is 5.24. The molecule has 0 aromatic carbocycles. The van der Waals surface area contributed by atoms with Crippen molar-refractivity contribution in [3.8, 4) is 24.2 Å². The van der Waals surface area contributed by atoms with Gasteiger partial charge < -0.3 is 19.7 Å². The second-order valence-corrected chi connectivity index (χ2v) is 4.82. The van der Waals surface area contributed by atoms with Gasteiger partial charge in [-0.15, -0.1) is 12.3 Å². The molecule has 1 fully saturated rings. The van der Waals surface area contributed by atoms with E-state index in [-0.39, 0.29) is 6.61 Å². The van der Waals surface area contributed by atoms with E-state index in [1.54, 1.807) is 0 Å². The molecule has 0 aliphatic carbocycles. The summed E-state index contributed by atoms with van der Waals surface area (Å²) >= 11 is 0. The van der Waals surface area contributed by atoms with Crippen molar-refractivity contribution in [1.82, 2.24) is 9.55 Å². The van der Waals surface area contributed by atoms with Gasteiger partial charge in [0.15, 0.2) is 11.8 Å². The zero-order valence-corrected chi connectivity index (χ0v) is 12.4. The molecule has 23 heavy (non-hydrogen) atoms. The first-order valence-corrected chi connectivity index (χ1v) is 6.77. The van der Waals surface area contributed by atoms with E-state index in [2.05, 4.69) is 22.7 Å². The van der Waals surface area contributed by atoms with Crippen molar-refractivity contribution in [3.63, 3.8) is 0 Å². The highest BCUT2D eigenvalue weighted by Gasteiger charge is 2.57. The molecule has 1 aromatic rings. The number of nitrogens with zero attached hydrogens (tertiary/aromatic N) is 1. The SMILES string of the molecule is C#CCO[C@]1(C#CC)[C@@H](CO)O[C@@H](n2ccc(=O)[nH]c2=O)[C@@H]1O. The molecule has 1 saturated heterocycles. The molecule has 3 N–H and O–H groups in total. The van der Waals surface area contributed by atoms with E-state index in [1.807, 2.05) is 0 Å². The van der Waals surface area contributed by atoms with Crippen molar-refractivity contribution in [2.75, 3.05) is 13.2 Å². The Morgan fingerprint density at radius 2 is 2.30 bits per heavy atom. The number of aliphatic hydroxyl groups excluding tert-OH is 2. The largest absolute Gasteiger partial charge is 0.394 e. The number of aliphatic hydroxyl groups is 2. The highest BCUT2D eigenvalue weighted by Crippen LogP contribution is 2.38. The zero-order chi connectivity index (χ0) is 17.0. The van der Waals surface area contributed by atoms with Crippen molar-refractivity contribution < 1.29 is 19.7 Å². The molecular weight excluding hydrogens is 304 g/mol. The van der Waals surface area contributed by atoms with Crippen LogP contribution >= 0.6 is 0 Å². The van der Waals surface area contributed by atoms with Crippen LogP contribution in [0.25, 0.3) is 0 Å². The second-order valence-electron chi connectivity index (χ2n) is 4.82. The van der Waals surface area contributed by atoms with Crippen molar-refractivity contribution >= 4 is 0 Å². The van der Waals surface area contributed by atoms with Crippen LogP contribution < -0.4 is 11.2 Å². The third-order valence-electron chi connectivity index (χ3n) is 3.50. The molecule has 2 heterocycles. The molecule has 0 spiro atoms. The summed E-state index contributed by atoms with van der Waals surface area (Å²) in [7, 11) is 0. The van der Waals surface area contributed by atoms with E-state index in [4.69, 9.17) is 15.9 Å². The normalized spacial score (nSPS) is 29.6. The summed E-state index contributed by atoms with van der Waals surface area (Å²) in [5.74, 6) is 7.56. The molecule has 122 valence electrons. The van der Waals surface area contributed by atoms with Crippen molar-refractivity contribution in [1.29, 1.82) is 0 Å². The summed E-state index contributed by atoms with van der Waals surface area (Å²) in [6, 6.07) is 1.11. The Balaban J connectivity index is 2.49. The van der Waals surface area contributed by atoms with Crippen LogP contribution in [0, 0.1) is 24.2 Å². The van der Waals surface area contributed by atoms with Crippen molar-refractivity contribution in [2.24, 2.45) is 0 Å². The van der Waals surface area contributed by atoms with Crippen molar-refractivity contribution in [2.45, 2.75) is 31.0 Å². The molecule has 2 rings (SSSR count). The molecule has 8 heteroatoms. The fraction of sp³-hybridized carbons (Fsp3) is 0.467. The number of nitrogens with one attached hydrogen (secondary N) is 1. The predicted octanol–water partition coefficient (Wildman–Crippen LogP) is -1.80. The Kier molecular flexibility index (Phi) is 5.04. The number of rotatable bonds is 4. The quantitative estimate of drug-likeness (QED) is 0.564. The molecule has 0 amide bonds. The molecule has 0 unspecified atom stereocenters. The Hall–Kier alpha value is -2.36. The summed E-state index contributed by atoms with van der Waals surface area (Å²) in [4.78, 5) is 25.1. The van der Waals surface area contributed by atoms with Gasteiger partial charge in [0.2, 0.25) is 0 Å². The molecule has 1 aliphatic heterocycles. The lowest BCUT2D eigenvalue weighted by atomic mass is 9.92. The van der Waals surface area contributed by atoms with Crippen LogP contribution in [0.15, 0.2) is 21.9 Å². The molecule has 0 saturated carbocycles. The molecule has 1 aliphatic rings. The van der Waals surface area contributed by atoms with Gasteiger partial charge in [-0.3, -0.25) is 14.3 Å². The Morgan fingerprint density at radius 3 is 2.87 bits per heavy atom. The number of hydrogen-bond acceptors (Lipinski definition) is 6. The van der Waals surface area contributed by atoms with Crippen LogP contribution in [0.5, 0.6) is 0 Å². The topological polar surface area (TPSA) is 114 Å². The summed E-state index contributed by atoms with van der Waals surface area (Å²) in [6.45, 7) is 0.853. The predicted molar refractivity (Wildman–Crippen MR) is 79.3 cm³/mol. The Bertz CT molecular complexity index is 780. The van der Waals surface area contributed by atoms with E-state index in [1.165, 1.54) is 13.1 Å². The van der Waals surface area contributed by atoms with Crippen molar-refractivity contribution in [3.05, 3.63) is 33.1 Å². The van der Waals surface area contributed by atoms with Crippen LogP contribution in [0.1, 0.15) is 13.2 Å². The molecule has 1 aromatic heterocycles. The number of aromatic amines is 1. The lowest BCUT2D eigenvalue weighted by molar-refractivity contribution is -0.0898. The van der Waals surface area contributed by atoms with Gasteiger partial charge in [0, 0.05) is 12.3 Å². The minimum absolute atomic E-state index is 0.168. The second kappa shape index (κ2) is 6.82. The standard InChI is InChI=1S/C15H16N2O6/c1-3-6-15(22-8-4-2)10(9-18)23-13(12(15)20)17-7-5-11(19)16-14(17)21/h2,5,7,10,12-13,18,20H,8-9H2,1H3,(H,16,19,21)/t10-,12+,13-,15-/m1/s1. The van der Waals surface area contributed by atoms with Gasteiger partial charge in [0.05, 0.1) is 6.61 Å². The lowest BCUT2D eigenvalue weighted by Gasteiger charge is -2.30. The van der Waals surface area contributed by atoms with Crippen LogP contribution in [0.4, 0.5) is 0 Å². The van der Waals surface area contributed by atoms with Crippen LogP contribution in [-0.4, -0.2) is 50.8 Å². The van der Waals surface area contributed by atoms with E-state index in [0.29, 0.717) is 0 Å². The number of ether oxygens (including phenoxy) is 2. The number of aromatic nitrogens is 2. The minimum atomic E-state index is -1.59. The molecule has 0 bridgehead atoms. The van der Waals surface area contributed by atoms with Gasteiger partial charge in [-0.1, -0.05) is 11.8 Å². The molecular formula is C15H16N2O6. The Morgan fingerprint density at radius 1 is 1.57 bits per heavy atom. The van der Waals surface area contributed by atoms with Gasteiger partial charge in [-0.05, 0) is 6.92 Å². The first-order chi connectivity index (χ1) is 11.0. The first-order valence-electron chi connectivity index (χ1n) is 6.77. The summed E-state index contributed by atoms with van der Waals surface area (Å²) < 4.78 is 12.0.